The lowest BCUT2D eigenvalue weighted by Gasteiger charge is -2.17. The summed E-state index contributed by atoms with van der Waals surface area (Å²) in [6.07, 6.45) is 0. The summed E-state index contributed by atoms with van der Waals surface area (Å²) in [6.45, 7) is 3.39. The number of aliphatic carboxylic acids is 1. The number of amides is 2. The molecule has 0 aliphatic carbocycles. The molecule has 0 radical (unpaired) electrons. The van der Waals surface area contributed by atoms with Crippen LogP contribution >= 0.6 is 0 Å². The van der Waals surface area contributed by atoms with E-state index in [2.05, 4.69) is 26.0 Å². The third-order valence-electron chi connectivity index (χ3n) is 1.95. The van der Waals surface area contributed by atoms with Gasteiger partial charge in [-0.1, -0.05) is 18.9 Å². The number of carboxylic acids is 1. The van der Waals surface area contributed by atoms with Gasteiger partial charge in [0.15, 0.2) is 0 Å². The Hall–Kier alpha value is -2.19. The van der Waals surface area contributed by atoms with Crippen molar-refractivity contribution in [3.8, 4) is 0 Å². The molecule has 0 saturated carbocycles. The number of urea groups is 1. The van der Waals surface area contributed by atoms with Crippen LogP contribution in [0.4, 0.5) is 10.7 Å². The first-order valence-corrected chi connectivity index (χ1v) is 4.94. The Morgan fingerprint density at radius 1 is 1.41 bits per heavy atom. The van der Waals surface area contributed by atoms with Crippen molar-refractivity contribution in [2.45, 2.75) is 19.9 Å². The number of aromatic nitrogens is 4. The summed E-state index contributed by atoms with van der Waals surface area (Å²) in [6, 6.07) is -1.65. The van der Waals surface area contributed by atoms with Gasteiger partial charge in [-0.25, -0.2) is 9.59 Å². The minimum Gasteiger partial charge on any atom is -0.480 e. The molecule has 9 heteroatoms. The van der Waals surface area contributed by atoms with Crippen LogP contribution < -0.4 is 10.6 Å². The summed E-state index contributed by atoms with van der Waals surface area (Å²) in [5.41, 5.74) is 0. The highest BCUT2D eigenvalue weighted by atomic mass is 16.4. The molecule has 0 aliphatic rings. The van der Waals surface area contributed by atoms with Crippen LogP contribution in [-0.4, -0.2) is 43.4 Å². The van der Waals surface area contributed by atoms with Crippen LogP contribution in [-0.2, 0) is 11.8 Å². The molecule has 0 fully saturated rings. The van der Waals surface area contributed by atoms with Gasteiger partial charge in [-0.2, -0.15) is 4.80 Å². The van der Waals surface area contributed by atoms with Gasteiger partial charge < -0.3 is 10.4 Å². The average molecular weight is 242 g/mol. The molecule has 0 saturated heterocycles. The maximum absolute atomic E-state index is 11.4. The Balaban J connectivity index is 2.56. The standard InChI is InChI=1S/C8H14N6O3/c1-4(2)5(6(15)16)9-8(17)10-7-11-13-14(3)12-7/h4-5H,1-3H3,(H,15,16)(H2,9,10,12,17)/t5-/m0/s1. The number of tetrazole rings is 1. The number of carbonyl (C=O) groups excluding carboxylic acids is 1. The van der Waals surface area contributed by atoms with E-state index in [4.69, 9.17) is 5.11 Å². The fourth-order valence-electron chi connectivity index (χ4n) is 1.13. The van der Waals surface area contributed by atoms with Crippen molar-refractivity contribution in [3.05, 3.63) is 0 Å². The third kappa shape index (κ3) is 3.70. The molecule has 0 spiro atoms. The average Bonchev–Trinajstić information content (AvgIpc) is 2.59. The van der Waals surface area contributed by atoms with Gasteiger partial charge in [0.05, 0.1) is 7.05 Å². The van der Waals surface area contributed by atoms with Crippen LogP contribution in [0.15, 0.2) is 0 Å². The molecule has 2 amide bonds. The molecule has 9 nitrogen and oxygen atoms in total. The van der Waals surface area contributed by atoms with E-state index in [1.165, 1.54) is 4.80 Å². The van der Waals surface area contributed by atoms with Gasteiger partial charge in [0.2, 0.25) is 0 Å². The number of carbonyl (C=O) groups is 2. The Labute approximate surface area is 97.2 Å². The summed E-state index contributed by atoms with van der Waals surface area (Å²) in [5, 5.41) is 24.2. The zero-order valence-electron chi connectivity index (χ0n) is 9.71. The quantitative estimate of drug-likeness (QED) is 0.650. The van der Waals surface area contributed by atoms with Crippen molar-refractivity contribution in [2.75, 3.05) is 5.32 Å². The number of carboxylic acid groups (broad SMARTS) is 1. The first-order valence-electron chi connectivity index (χ1n) is 4.94. The van der Waals surface area contributed by atoms with Gasteiger partial charge in [-0.3, -0.25) is 5.32 Å². The Morgan fingerprint density at radius 2 is 2.06 bits per heavy atom. The number of anilines is 1. The number of hydrogen-bond donors (Lipinski definition) is 3. The molecule has 3 N–H and O–H groups in total. The maximum Gasteiger partial charge on any atom is 0.326 e. The monoisotopic (exact) mass is 242 g/mol. The Morgan fingerprint density at radius 3 is 2.47 bits per heavy atom. The molecule has 1 rings (SSSR count). The van der Waals surface area contributed by atoms with Crippen molar-refractivity contribution >= 4 is 17.9 Å². The van der Waals surface area contributed by atoms with Gasteiger partial charge in [-0.05, 0) is 11.1 Å². The molecular weight excluding hydrogens is 228 g/mol. The predicted molar refractivity (Wildman–Crippen MR) is 57.2 cm³/mol. The van der Waals surface area contributed by atoms with Gasteiger partial charge >= 0.3 is 12.0 Å². The summed E-state index contributed by atoms with van der Waals surface area (Å²) in [7, 11) is 1.55. The largest absolute Gasteiger partial charge is 0.480 e. The first kappa shape index (κ1) is 12.9. The highest BCUT2D eigenvalue weighted by Crippen LogP contribution is 2.02. The van der Waals surface area contributed by atoms with E-state index < -0.39 is 18.0 Å². The smallest absolute Gasteiger partial charge is 0.326 e. The molecule has 0 aromatic carbocycles. The van der Waals surface area contributed by atoms with E-state index in [0.29, 0.717) is 0 Å². The number of nitrogens with one attached hydrogen (secondary N) is 2. The van der Waals surface area contributed by atoms with Crippen molar-refractivity contribution in [1.82, 2.24) is 25.5 Å². The lowest BCUT2D eigenvalue weighted by molar-refractivity contribution is -0.140. The normalized spacial score (nSPS) is 12.2. The van der Waals surface area contributed by atoms with Crippen LogP contribution in [0, 0.1) is 5.92 Å². The van der Waals surface area contributed by atoms with Gasteiger partial charge in [-0.15, -0.1) is 5.10 Å². The SMILES string of the molecule is CC(C)[C@H](NC(=O)Nc1nnn(C)n1)C(=O)O. The molecule has 0 unspecified atom stereocenters. The molecular formula is C8H14N6O3. The summed E-state index contributed by atoms with van der Waals surface area (Å²) in [5.74, 6) is -1.31. The van der Waals surface area contributed by atoms with Gasteiger partial charge in [0.1, 0.15) is 6.04 Å². The number of nitrogens with zero attached hydrogens (tertiary/aromatic N) is 4. The van der Waals surface area contributed by atoms with Crippen molar-refractivity contribution in [3.63, 3.8) is 0 Å². The minimum atomic E-state index is -1.10. The van der Waals surface area contributed by atoms with E-state index in [0.717, 1.165) is 0 Å². The van der Waals surface area contributed by atoms with E-state index >= 15 is 0 Å². The van der Waals surface area contributed by atoms with Gasteiger partial charge in [0, 0.05) is 0 Å². The second-order valence-electron chi connectivity index (χ2n) is 3.76. The van der Waals surface area contributed by atoms with Crippen LogP contribution in [0.25, 0.3) is 0 Å². The van der Waals surface area contributed by atoms with E-state index in [9.17, 15) is 9.59 Å². The summed E-state index contributed by atoms with van der Waals surface area (Å²) in [4.78, 5) is 23.5. The topological polar surface area (TPSA) is 122 Å². The fourth-order valence-corrected chi connectivity index (χ4v) is 1.13. The fraction of sp³-hybridized carbons (Fsp3) is 0.625. The first-order chi connectivity index (χ1) is 7.90. The van der Waals surface area contributed by atoms with Crippen molar-refractivity contribution in [2.24, 2.45) is 13.0 Å². The molecule has 0 bridgehead atoms. The number of hydrogen-bond acceptors (Lipinski definition) is 5. The second-order valence-corrected chi connectivity index (χ2v) is 3.76. The zero-order valence-corrected chi connectivity index (χ0v) is 9.71. The van der Waals surface area contributed by atoms with Crippen LogP contribution in [0.2, 0.25) is 0 Å². The molecule has 94 valence electrons. The molecule has 1 aromatic rings. The number of aryl methyl sites for hydroxylation is 1. The molecule has 17 heavy (non-hydrogen) atoms. The second kappa shape index (κ2) is 5.23. The summed E-state index contributed by atoms with van der Waals surface area (Å²) < 4.78 is 0. The van der Waals surface area contributed by atoms with E-state index in [-0.39, 0.29) is 11.9 Å². The van der Waals surface area contributed by atoms with E-state index in [1.807, 2.05) is 0 Å². The highest BCUT2D eigenvalue weighted by Gasteiger charge is 2.23. The lowest BCUT2D eigenvalue weighted by atomic mass is 10.1. The van der Waals surface area contributed by atoms with Crippen molar-refractivity contribution in [1.29, 1.82) is 0 Å². The molecule has 1 heterocycles. The highest BCUT2D eigenvalue weighted by molar-refractivity contribution is 5.90. The molecule has 1 atom stereocenters. The van der Waals surface area contributed by atoms with Crippen LogP contribution in [0.1, 0.15) is 13.8 Å². The maximum atomic E-state index is 11.4. The van der Waals surface area contributed by atoms with E-state index in [1.54, 1.807) is 20.9 Å². The predicted octanol–water partition coefficient (Wildman–Crippen LogP) is -0.559. The summed E-state index contributed by atoms with van der Waals surface area (Å²) >= 11 is 0. The minimum absolute atomic E-state index is 0.0119. The third-order valence-corrected chi connectivity index (χ3v) is 1.95. The van der Waals surface area contributed by atoms with Crippen LogP contribution in [0.5, 0.6) is 0 Å². The molecule has 0 aliphatic heterocycles. The van der Waals surface area contributed by atoms with Gasteiger partial charge in [0.25, 0.3) is 5.95 Å². The molecule has 1 aromatic heterocycles. The Kier molecular flexibility index (Phi) is 3.96. The Bertz CT molecular complexity index is 415. The number of rotatable bonds is 4. The lowest BCUT2D eigenvalue weighted by Crippen LogP contribution is -2.46. The van der Waals surface area contributed by atoms with Crippen molar-refractivity contribution < 1.29 is 14.7 Å². The zero-order chi connectivity index (χ0) is 13.0. The van der Waals surface area contributed by atoms with Crippen LogP contribution in [0.3, 0.4) is 0 Å².